The van der Waals surface area contributed by atoms with Crippen LogP contribution in [-0.4, -0.2) is 78.2 Å². The maximum absolute atomic E-state index is 13.0. The average molecular weight is 437 g/mol. The van der Waals surface area contributed by atoms with E-state index in [2.05, 4.69) is 10.6 Å². The van der Waals surface area contributed by atoms with Gasteiger partial charge in [-0.05, 0) is 18.6 Å². The van der Waals surface area contributed by atoms with E-state index in [1.54, 1.807) is 11.0 Å². The summed E-state index contributed by atoms with van der Waals surface area (Å²) in [5.74, 6) is -2.46. The number of rotatable bonds is 4. The fourth-order valence-electron chi connectivity index (χ4n) is 3.75. The molecule has 1 aromatic rings. The summed E-state index contributed by atoms with van der Waals surface area (Å²) in [6.45, 7) is 2.32. The highest BCUT2D eigenvalue weighted by Crippen LogP contribution is 2.33. The first-order valence-corrected chi connectivity index (χ1v) is 9.43. The van der Waals surface area contributed by atoms with E-state index < -0.39 is 29.7 Å². The summed E-state index contributed by atoms with van der Waals surface area (Å²) in [6, 6.07) is 3.51. The molecule has 0 radical (unpaired) electrons. The molecule has 4 rings (SSSR count). The first-order valence-electron chi connectivity index (χ1n) is 9.43. The van der Waals surface area contributed by atoms with Gasteiger partial charge in [-0.2, -0.15) is 0 Å². The number of halogens is 1. The zero-order chi connectivity index (χ0) is 20.5. The van der Waals surface area contributed by atoms with Crippen LogP contribution in [-0.2, 0) is 14.4 Å². The minimum absolute atomic E-state index is 0. The summed E-state index contributed by atoms with van der Waals surface area (Å²) < 4.78 is 5.60. The van der Waals surface area contributed by atoms with E-state index in [4.69, 9.17) is 4.74 Å². The Morgan fingerprint density at radius 2 is 1.83 bits per heavy atom. The van der Waals surface area contributed by atoms with Crippen molar-refractivity contribution >= 4 is 41.9 Å². The van der Waals surface area contributed by atoms with Crippen LogP contribution in [0, 0.1) is 0 Å². The molecule has 2 fully saturated rings. The van der Waals surface area contributed by atoms with Gasteiger partial charge in [0, 0.05) is 32.6 Å². The van der Waals surface area contributed by atoms with Crippen molar-refractivity contribution in [3.05, 3.63) is 29.3 Å². The fourth-order valence-corrected chi connectivity index (χ4v) is 3.75. The van der Waals surface area contributed by atoms with Gasteiger partial charge in [-0.15, -0.1) is 12.4 Å². The fraction of sp³-hybridized carbons (Fsp3) is 0.421. The standard InChI is InChI=1S/C19H20N4O6.ClH/c24-14-5-4-12(17(26)21-14)23-18(27)11-2-1-3-13(16(11)19(23)28)29-10-15(25)22-8-6-20-7-9-22;/h1-3,12,20H,4-10H2,(H,21,24,26);1H. The average Bonchev–Trinajstić information content (AvgIpc) is 2.98. The molecule has 2 N–H and O–H groups in total. The van der Waals surface area contributed by atoms with Crippen LogP contribution in [0.15, 0.2) is 18.2 Å². The quantitative estimate of drug-likeness (QED) is 0.599. The van der Waals surface area contributed by atoms with E-state index in [-0.39, 0.29) is 54.6 Å². The number of imide groups is 2. The largest absolute Gasteiger partial charge is 0.483 e. The zero-order valence-electron chi connectivity index (χ0n) is 16.0. The molecule has 1 aromatic carbocycles. The second kappa shape index (κ2) is 8.80. The Hall–Kier alpha value is -2.98. The Labute approximate surface area is 178 Å². The van der Waals surface area contributed by atoms with Crippen LogP contribution in [0.2, 0.25) is 0 Å². The van der Waals surface area contributed by atoms with Crippen molar-refractivity contribution in [2.75, 3.05) is 32.8 Å². The van der Waals surface area contributed by atoms with Gasteiger partial charge in [0.1, 0.15) is 11.8 Å². The number of carbonyl (C=O) groups is 5. The topological polar surface area (TPSA) is 125 Å². The molecule has 10 nitrogen and oxygen atoms in total. The molecule has 5 amide bonds. The van der Waals surface area contributed by atoms with Gasteiger partial charge in [-0.1, -0.05) is 6.07 Å². The number of piperidine rings is 1. The number of carbonyl (C=O) groups excluding carboxylic acids is 5. The number of hydrogen-bond donors (Lipinski definition) is 2. The van der Waals surface area contributed by atoms with Crippen LogP contribution < -0.4 is 15.4 Å². The zero-order valence-corrected chi connectivity index (χ0v) is 16.8. The van der Waals surface area contributed by atoms with Gasteiger partial charge in [0.2, 0.25) is 11.8 Å². The Balaban J connectivity index is 0.00000256. The lowest BCUT2D eigenvalue weighted by Crippen LogP contribution is -2.54. The number of piperazine rings is 1. The van der Waals surface area contributed by atoms with Gasteiger partial charge < -0.3 is 15.0 Å². The number of nitrogens with zero attached hydrogens (tertiary/aromatic N) is 2. The summed E-state index contributed by atoms with van der Waals surface area (Å²) in [7, 11) is 0. The molecule has 30 heavy (non-hydrogen) atoms. The lowest BCUT2D eigenvalue weighted by molar-refractivity contribution is -0.136. The first kappa shape index (κ1) is 21.7. The second-order valence-corrected chi connectivity index (χ2v) is 7.05. The molecule has 0 spiro atoms. The summed E-state index contributed by atoms with van der Waals surface area (Å²) >= 11 is 0. The van der Waals surface area contributed by atoms with Crippen LogP contribution in [0.1, 0.15) is 33.6 Å². The van der Waals surface area contributed by atoms with Crippen LogP contribution in [0.3, 0.4) is 0 Å². The Kier molecular flexibility index (Phi) is 6.37. The highest BCUT2D eigenvalue weighted by Gasteiger charge is 2.46. The Morgan fingerprint density at radius 3 is 2.53 bits per heavy atom. The third-order valence-corrected chi connectivity index (χ3v) is 5.25. The van der Waals surface area contributed by atoms with Gasteiger partial charge in [-0.25, -0.2) is 0 Å². The van der Waals surface area contributed by atoms with Crippen molar-refractivity contribution in [3.8, 4) is 5.75 Å². The molecule has 0 bridgehead atoms. The number of fused-ring (bicyclic) bond motifs is 1. The molecule has 0 saturated carbocycles. The van der Waals surface area contributed by atoms with Crippen molar-refractivity contribution in [3.63, 3.8) is 0 Å². The van der Waals surface area contributed by atoms with Crippen molar-refractivity contribution in [2.45, 2.75) is 18.9 Å². The molecule has 2 saturated heterocycles. The summed E-state index contributed by atoms with van der Waals surface area (Å²) in [5, 5.41) is 5.31. The molecule has 0 aromatic heterocycles. The number of hydrogen-bond acceptors (Lipinski definition) is 7. The molecule has 1 atom stereocenters. The van der Waals surface area contributed by atoms with Crippen molar-refractivity contribution in [1.82, 2.24) is 20.4 Å². The van der Waals surface area contributed by atoms with Gasteiger partial charge in [0.15, 0.2) is 6.61 Å². The summed E-state index contributed by atoms with van der Waals surface area (Å²) in [4.78, 5) is 64.1. The van der Waals surface area contributed by atoms with Crippen LogP contribution in [0.5, 0.6) is 5.75 Å². The lowest BCUT2D eigenvalue weighted by Gasteiger charge is -2.28. The molecular weight excluding hydrogens is 416 g/mol. The van der Waals surface area contributed by atoms with E-state index >= 15 is 0 Å². The van der Waals surface area contributed by atoms with E-state index in [1.807, 2.05) is 0 Å². The van der Waals surface area contributed by atoms with E-state index in [9.17, 15) is 24.0 Å². The third-order valence-electron chi connectivity index (χ3n) is 5.25. The van der Waals surface area contributed by atoms with E-state index in [0.717, 1.165) is 4.90 Å². The van der Waals surface area contributed by atoms with Crippen LogP contribution in [0.25, 0.3) is 0 Å². The van der Waals surface area contributed by atoms with Crippen molar-refractivity contribution < 1.29 is 28.7 Å². The van der Waals surface area contributed by atoms with Gasteiger partial charge in [0.05, 0.1) is 11.1 Å². The number of ether oxygens (including phenoxy) is 1. The van der Waals surface area contributed by atoms with Crippen molar-refractivity contribution in [2.24, 2.45) is 0 Å². The highest BCUT2D eigenvalue weighted by atomic mass is 35.5. The van der Waals surface area contributed by atoms with Gasteiger partial charge >= 0.3 is 0 Å². The molecule has 3 aliphatic heterocycles. The third kappa shape index (κ3) is 3.88. The molecule has 11 heteroatoms. The molecule has 160 valence electrons. The lowest BCUT2D eigenvalue weighted by atomic mass is 10.0. The maximum Gasteiger partial charge on any atom is 0.266 e. The monoisotopic (exact) mass is 436 g/mol. The normalized spacial score (nSPS) is 21.1. The molecule has 3 heterocycles. The maximum atomic E-state index is 13.0. The first-order chi connectivity index (χ1) is 14.0. The Morgan fingerprint density at radius 1 is 1.10 bits per heavy atom. The molecule has 0 aliphatic carbocycles. The van der Waals surface area contributed by atoms with Crippen LogP contribution in [0.4, 0.5) is 0 Å². The predicted molar refractivity (Wildman–Crippen MR) is 105 cm³/mol. The van der Waals surface area contributed by atoms with E-state index in [0.29, 0.717) is 26.2 Å². The smallest absolute Gasteiger partial charge is 0.266 e. The summed E-state index contributed by atoms with van der Waals surface area (Å²) in [5.41, 5.74) is 0.155. The summed E-state index contributed by atoms with van der Waals surface area (Å²) in [6.07, 6.45) is 0.125. The minimum Gasteiger partial charge on any atom is -0.483 e. The highest BCUT2D eigenvalue weighted by molar-refractivity contribution is 6.24. The van der Waals surface area contributed by atoms with Gasteiger partial charge in [-0.3, -0.25) is 34.2 Å². The second-order valence-electron chi connectivity index (χ2n) is 7.05. The van der Waals surface area contributed by atoms with E-state index in [1.165, 1.54) is 12.1 Å². The molecule has 3 aliphatic rings. The van der Waals surface area contributed by atoms with Crippen LogP contribution >= 0.6 is 12.4 Å². The number of amides is 5. The number of benzene rings is 1. The molecular formula is C19H21ClN4O6. The van der Waals surface area contributed by atoms with Gasteiger partial charge in [0.25, 0.3) is 17.7 Å². The SMILES string of the molecule is Cl.O=C1CCC(N2C(=O)c3cccc(OCC(=O)N4CCNCC4)c3C2=O)C(=O)N1. The van der Waals surface area contributed by atoms with Crippen molar-refractivity contribution in [1.29, 1.82) is 0 Å². The number of nitrogens with one attached hydrogen (secondary N) is 2. The predicted octanol–water partition coefficient (Wildman–Crippen LogP) is -0.680. The molecule has 1 unspecified atom stereocenters. The Bertz CT molecular complexity index is 914. The minimum atomic E-state index is -1.05.